The summed E-state index contributed by atoms with van der Waals surface area (Å²) < 4.78 is 17.2. The largest absolute Gasteiger partial charge is 0.486 e. The normalized spacial score (nSPS) is 20.1. The number of furan rings is 1. The van der Waals surface area contributed by atoms with E-state index in [2.05, 4.69) is 10.6 Å². The van der Waals surface area contributed by atoms with Gasteiger partial charge < -0.3 is 29.6 Å². The first kappa shape index (κ1) is 25.5. The Morgan fingerprint density at radius 1 is 1.18 bits per heavy atom. The Bertz CT molecular complexity index is 950. The Balaban J connectivity index is 1.68. The van der Waals surface area contributed by atoms with Crippen molar-refractivity contribution in [3.8, 4) is 5.75 Å². The van der Waals surface area contributed by atoms with Gasteiger partial charge in [0, 0.05) is 25.1 Å². The highest BCUT2D eigenvalue weighted by Gasteiger charge is 2.37. The van der Waals surface area contributed by atoms with Crippen LogP contribution in [-0.4, -0.2) is 41.3 Å². The highest BCUT2D eigenvalue weighted by Crippen LogP contribution is 2.25. The summed E-state index contributed by atoms with van der Waals surface area (Å²) in [5, 5.41) is 16.1. The molecular weight excluding hydrogens is 436 g/mol. The van der Waals surface area contributed by atoms with Crippen LogP contribution in [0.4, 0.5) is 0 Å². The van der Waals surface area contributed by atoms with Crippen LogP contribution in [-0.2, 0) is 27.5 Å². The van der Waals surface area contributed by atoms with Crippen molar-refractivity contribution in [2.24, 2.45) is 0 Å². The molecule has 1 amide bonds. The third kappa shape index (κ3) is 7.20. The van der Waals surface area contributed by atoms with Gasteiger partial charge in [-0.05, 0) is 55.2 Å². The van der Waals surface area contributed by atoms with Crippen LogP contribution in [0.15, 0.2) is 58.7 Å². The van der Waals surface area contributed by atoms with Gasteiger partial charge in [0.25, 0.3) is 0 Å². The van der Waals surface area contributed by atoms with Crippen molar-refractivity contribution >= 4 is 11.9 Å². The average Bonchev–Trinajstić information content (AvgIpc) is 3.35. The van der Waals surface area contributed by atoms with E-state index in [0.29, 0.717) is 13.2 Å². The fourth-order valence-corrected chi connectivity index (χ4v) is 4.07. The number of hydrogen-bond acceptors (Lipinski definition) is 6. The van der Waals surface area contributed by atoms with Crippen molar-refractivity contribution < 1.29 is 28.6 Å². The molecule has 0 bridgehead atoms. The van der Waals surface area contributed by atoms with Gasteiger partial charge in [0.15, 0.2) is 0 Å². The third-order valence-corrected chi connectivity index (χ3v) is 5.95. The number of carbonyl (C=O) groups excluding carboxylic acids is 1. The van der Waals surface area contributed by atoms with Crippen molar-refractivity contribution in [3.63, 3.8) is 0 Å². The molecule has 0 radical (unpaired) electrons. The number of amides is 1. The molecule has 8 nitrogen and oxygen atoms in total. The van der Waals surface area contributed by atoms with Crippen molar-refractivity contribution in [1.29, 1.82) is 0 Å². The first-order chi connectivity index (χ1) is 16.4. The maximum atomic E-state index is 11.9. The fraction of sp³-hybridized carbons (Fsp3) is 0.462. The van der Waals surface area contributed by atoms with Crippen LogP contribution < -0.4 is 15.4 Å². The van der Waals surface area contributed by atoms with Crippen molar-refractivity contribution in [2.45, 2.75) is 77.5 Å². The van der Waals surface area contributed by atoms with Gasteiger partial charge in [-0.3, -0.25) is 4.79 Å². The van der Waals surface area contributed by atoms with Gasteiger partial charge in [0.2, 0.25) is 5.91 Å². The van der Waals surface area contributed by atoms with E-state index in [1.165, 1.54) is 6.92 Å². The molecule has 3 N–H and O–H groups in total. The van der Waals surface area contributed by atoms with Gasteiger partial charge in [0.05, 0.1) is 24.5 Å². The van der Waals surface area contributed by atoms with E-state index in [1.54, 1.807) is 12.3 Å². The minimum Gasteiger partial charge on any atom is -0.486 e. The maximum absolute atomic E-state index is 11.9. The molecule has 0 fully saturated rings. The average molecular weight is 471 g/mol. The lowest BCUT2D eigenvalue weighted by atomic mass is 9.87. The molecule has 1 aliphatic carbocycles. The first-order valence-corrected chi connectivity index (χ1v) is 11.7. The molecule has 1 aromatic heterocycles. The second-order valence-corrected chi connectivity index (χ2v) is 8.47. The molecule has 0 spiro atoms. The quantitative estimate of drug-likeness (QED) is 0.433. The van der Waals surface area contributed by atoms with E-state index in [4.69, 9.17) is 13.9 Å². The number of ether oxygens (including phenoxy) is 2. The standard InChI is InChI=1S/C26H34N2O6/c1-4-20(5-2)34-24-14-19(26(30)31)13-23(25(24)28-17(3)29)27-15-18-8-10-21(11-9-18)33-16-22-7-6-12-32-22/h6-12,14,20,23-25,27H,4-5,13,15-16H2,1-3H3,(H,28,29)(H,30,31)/t23-,24+,25+/m0/s1. The fourth-order valence-electron chi connectivity index (χ4n) is 4.07. The van der Waals surface area contributed by atoms with Gasteiger partial charge in [0.1, 0.15) is 18.1 Å². The molecule has 184 valence electrons. The van der Waals surface area contributed by atoms with E-state index in [1.807, 2.05) is 50.2 Å². The number of aliphatic carboxylic acids is 1. The summed E-state index contributed by atoms with van der Waals surface area (Å²) in [4.78, 5) is 23.7. The minimum atomic E-state index is -0.968. The SMILES string of the molecule is CCC(CC)O[C@@H]1C=C(C(=O)O)C[C@H](NCc2ccc(OCc3ccco3)cc2)[C@H]1NC(C)=O. The number of rotatable bonds is 12. The molecule has 0 saturated heterocycles. The summed E-state index contributed by atoms with van der Waals surface area (Å²) in [6.07, 6.45) is 4.62. The molecule has 3 atom stereocenters. The predicted octanol–water partition coefficient (Wildman–Crippen LogP) is 3.81. The lowest BCUT2D eigenvalue weighted by Gasteiger charge is -2.38. The van der Waals surface area contributed by atoms with Gasteiger partial charge in [-0.15, -0.1) is 0 Å². The molecule has 0 unspecified atom stereocenters. The summed E-state index contributed by atoms with van der Waals surface area (Å²) in [6.45, 7) is 6.38. The number of benzene rings is 1. The Kier molecular flexibility index (Phi) is 9.30. The van der Waals surface area contributed by atoms with Crippen LogP contribution >= 0.6 is 0 Å². The lowest BCUT2D eigenvalue weighted by molar-refractivity contribution is -0.133. The second kappa shape index (κ2) is 12.4. The van der Waals surface area contributed by atoms with Crippen LogP contribution in [0.1, 0.15) is 51.4 Å². The van der Waals surface area contributed by atoms with Crippen LogP contribution in [0.3, 0.4) is 0 Å². The molecule has 8 heteroatoms. The van der Waals surface area contributed by atoms with Crippen molar-refractivity contribution in [2.75, 3.05) is 0 Å². The highest BCUT2D eigenvalue weighted by atomic mass is 16.5. The van der Waals surface area contributed by atoms with E-state index < -0.39 is 12.1 Å². The highest BCUT2D eigenvalue weighted by molar-refractivity contribution is 5.87. The molecule has 1 heterocycles. The van der Waals surface area contributed by atoms with Gasteiger partial charge in [-0.2, -0.15) is 0 Å². The number of hydrogen-bond donors (Lipinski definition) is 3. The summed E-state index contributed by atoms with van der Waals surface area (Å²) in [6, 6.07) is 10.7. The topological polar surface area (TPSA) is 110 Å². The first-order valence-electron chi connectivity index (χ1n) is 11.7. The van der Waals surface area contributed by atoms with Crippen molar-refractivity contribution in [1.82, 2.24) is 10.6 Å². The molecule has 1 aromatic carbocycles. The van der Waals surface area contributed by atoms with E-state index in [-0.39, 0.29) is 36.1 Å². The monoisotopic (exact) mass is 470 g/mol. The predicted molar refractivity (Wildman–Crippen MR) is 127 cm³/mol. The number of carboxylic acid groups (broad SMARTS) is 1. The van der Waals surface area contributed by atoms with Gasteiger partial charge >= 0.3 is 5.97 Å². The molecule has 34 heavy (non-hydrogen) atoms. The van der Waals surface area contributed by atoms with Crippen LogP contribution in [0, 0.1) is 0 Å². The third-order valence-electron chi connectivity index (χ3n) is 5.95. The summed E-state index contributed by atoms with van der Waals surface area (Å²) in [7, 11) is 0. The van der Waals surface area contributed by atoms with E-state index >= 15 is 0 Å². The molecule has 2 aromatic rings. The Morgan fingerprint density at radius 3 is 2.50 bits per heavy atom. The van der Waals surface area contributed by atoms with Gasteiger partial charge in [-0.25, -0.2) is 4.79 Å². The minimum absolute atomic E-state index is 0.0139. The smallest absolute Gasteiger partial charge is 0.331 e. The Hall–Kier alpha value is -3.10. The molecule has 0 saturated carbocycles. The summed E-state index contributed by atoms with van der Waals surface area (Å²) in [5.41, 5.74) is 1.30. The molecule has 0 aliphatic heterocycles. The maximum Gasteiger partial charge on any atom is 0.331 e. The van der Waals surface area contributed by atoms with Crippen LogP contribution in [0.25, 0.3) is 0 Å². The molecule has 1 aliphatic rings. The van der Waals surface area contributed by atoms with E-state index in [9.17, 15) is 14.7 Å². The summed E-state index contributed by atoms with van der Waals surface area (Å²) in [5.74, 6) is 0.327. The lowest BCUT2D eigenvalue weighted by Crippen LogP contribution is -2.58. The van der Waals surface area contributed by atoms with Crippen LogP contribution in [0.5, 0.6) is 5.75 Å². The second-order valence-electron chi connectivity index (χ2n) is 8.47. The van der Waals surface area contributed by atoms with Crippen LogP contribution in [0.2, 0.25) is 0 Å². The summed E-state index contributed by atoms with van der Waals surface area (Å²) >= 11 is 0. The molecule has 3 rings (SSSR count). The zero-order valence-corrected chi connectivity index (χ0v) is 20.0. The number of nitrogens with one attached hydrogen (secondary N) is 2. The Labute approximate surface area is 200 Å². The zero-order valence-electron chi connectivity index (χ0n) is 20.0. The van der Waals surface area contributed by atoms with Crippen molar-refractivity contribution in [3.05, 3.63) is 65.6 Å². The van der Waals surface area contributed by atoms with E-state index in [0.717, 1.165) is 29.9 Å². The molecular formula is C26H34N2O6. The van der Waals surface area contributed by atoms with Gasteiger partial charge in [-0.1, -0.05) is 26.0 Å². The zero-order chi connectivity index (χ0) is 24.5. The Morgan fingerprint density at radius 2 is 1.91 bits per heavy atom. The number of carboxylic acids is 1. The number of carbonyl (C=O) groups is 2.